The number of likely N-dealkylation sites (tertiary alicyclic amines) is 1. The Balaban J connectivity index is 2.02. The highest BCUT2D eigenvalue weighted by Gasteiger charge is 2.24. The van der Waals surface area contributed by atoms with Gasteiger partial charge < -0.3 is 10.2 Å². The number of benzene rings is 1. The summed E-state index contributed by atoms with van der Waals surface area (Å²) in [6.45, 7) is 5.43. The van der Waals surface area contributed by atoms with E-state index < -0.39 is 4.92 Å². The number of hydrogen-bond acceptors (Lipinski definition) is 3. The normalized spacial score (nSPS) is 21.8. The summed E-state index contributed by atoms with van der Waals surface area (Å²) in [7, 11) is 0. The van der Waals surface area contributed by atoms with E-state index in [-0.39, 0.29) is 11.6 Å². The van der Waals surface area contributed by atoms with Gasteiger partial charge in [-0.3, -0.25) is 14.9 Å². The molecule has 1 aromatic carbocycles. The molecule has 114 valence electrons. The molecule has 0 bridgehead atoms. The summed E-state index contributed by atoms with van der Waals surface area (Å²) in [5, 5.41) is 13.6. The van der Waals surface area contributed by atoms with Crippen LogP contribution >= 0.6 is 0 Å². The van der Waals surface area contributed by atoms with Crippen molar-refractivity contribution in [2.75, 3.05) is 18.4 Å². The van der Waals surface area contributed by atoms with Gasteiger partial charge in [0.05, 0.1) is 23.2 Å². The van der Waals surface area contributed by atoms with E-state index in [1.54, 1.807) is 6.07 Å². The molecule has 1 unspecified atom stereocenters. The number of hydrogen-bond donors (Lipinski definition) is 2. The van der Waals surface area contributed by atoms with Gasteiger partial charge in [0.2, 0.25) is 0 Å². The molecule has 1 aliphatic rings. The summed E-state index contributed by atoms with van der Waals surface area (Å²) >= 11 is 0. The van der Waals surface area contributed by atoms with Crippen LogP contribution in [0.5, 0.6) is 0 Å². The predicted molar refractivity (Wildman–Crippen MR) is 80.5 cm³/mol. The Morgan fingerprint density at radius 3 is 2.90 bits per heavy atom. The number of nitrogens with one attached hydrogen (secondary N) is 2. The standard InChI is InChI=1S/C15H21N3O3/c1-11-6-7-13(18(20)21)9-14(11)16-15(19)10-17-8-4-3-5-12(17)2/h6-7,9,12H,3-5,8,10H2,1-2H3,(H,16,19)/p+1/t12-/m1/s1. The molecule has 1 aromatic rings. The van der Waals surface area contributed by atoms with Gasteiger partial charge in [0.25, 0.3) is 11.6 Å². The predicted octanol–water partition coefficient (Wildman–Crippen LogP) is 1.30. The molecule has 1 saturated heterocycles. The van der Waals surface area contributed by atoms with Crippen molar-refractivity contribution in [2.45, 2.75) is 39.2 Å². The first-order valence-corrected chi connectivity index (χ1v) is 7.37. The van der Waals surface area contributed by atoms with Crippen LogP contribution in [0.3, 0.4) is 0 Å². The molecule has 2 N–H and O–H groups in total. The molecule has 6 heteroatoms. The average molecular weight is 292 g/mol. The zero-order chi connectivity index (χ0) is 15.4. The van der Waals surface area contributed by atoms with Gasteiger partial charge >= 0.3 is 0 Å². The number of nitro groups is 1. The maximum Gasteiger partial charge on any atom is 0.279 e. The zero-order valence-corrected chi connectivity index (χ0v) is 12.5. The molecule has 2 rings (SSSR count). The molecule has 0 radical (unpaired) electrons. The fourth-order valence-electron chi connectivity index (χ4n) is 2.77. The average Bonchev–Trinajstić information content (AvgIpc) is 2.43. The van der Waals surface area contributed by atoms with E-state index in [0.29, 0.717) is 18.3 Å². The Morgan fingerprint density at radius 2 is 2.24 bits per heavy atom. The van der Waals surface area contributed by atoms with Crippen molar-refractivity contribution in [2.24, 2.45) is 0 Å². The summed E-state index contributed by atoms with van der Waals surface area (Å²) < 4.78 is 0. The molecular formula is C15H22N3O3+. The van der Waals surface area contributed by atoms with Crippen LogP contribution in [0.2, 0.25) is 0 Å². The van der Waals surface area contributed by atoms with Gasteiger partial charge in [-0.1, -0.05) is 6.07 Å². The van der Waals surface area contributed by atoms with Gasteiger partial charge in [-0.2, -0.15) is 0 Å². The molecular weight excluding hydrogens is 270 g/mol. The molecule has 0 saturated carbocycles. The minimum absolute atomic E-state index is 0.00501. The van der Waals surface area contributed by atoms with Crippen LogP contribution in [-0.2, 0) is 4.79 Å². The number of carbonyl (C=O) groups excluding carboxylic acids is 1. The number of carbonyl (C=O) groups is 1. The Morgan fingerprint density at radius 1 is 1.48 bits per heavy atom. The lowest BCUT2D eigenvalue weighted by molar-refractivity contribution is -0.920. The number of piperidine rings is 1. The van der Waals surface area contributed by atoms with Crippen molar-refractivity contribution in [3.63, 3.8) is 0 Å². The Hall–Kier alpha value is -1.95. The van der Waals surface area contributed by atoms with Crippen LogP contribution in [0.4, 0.5) is 11.4 Å². The number of aryl methyl sites for hydroxylation is 1. The molecule has 0 aliphatic carbocycles. The SMILES string of the molecule is Cc1ccc([N+](=O)[O-])cc1NC(=O)C[NH+]1CCCC[C@H]1C. The van der Waals surface area contributed by atoms with E-state index in [1.165, 1.54) is 23.5 Å². The third-order valence-corrected chi connectivity index (χ3v) is 4.18. The Labute approximate surface area is 124 Å². The molecule has 1 amide bonds. The maximum absolute atomic E-state index is 12.2. The topological polar surface area (TPSA) is 76.7 Å². The fraction of sp³-hybridized carbons (Fsp3) is 0.533. The van der Waals surface area contributed by atoms with Gasteiger partial charge in [-0.05, 0) is 38.7 Å². The molecule has 2 atom stereocenters. The van der Waals surface area contributed by atoms with Crippen LogP contribution in [0.1, 0.15) is 31.7 Å². The number of rotatable bonds is 4. The molecule has 0 spiro atoms. The van der Waals surface area contributed by atoms with Crippen LogP contribution < -0.4 is 10.2 Å². The van der Waals surface area contributed by atoms with E-state index in [2.05, 4.69) is 12.2 Å². The molecule has 6 nitrogen and oxygen atoms in total. The number of amides is 1. The van der Waals surface area contributed by atoms with Gasteiger partial charge in [0.15, 0.2) is 6.54 Å². The molecule has 1 heterocycles. The number of nitro benzene ring substituents is 1. The zero-order valence-electron chi connectivity index (χ0n) is 12.5. The van der Waals surface area contributed by atoms with E-state index in [4.69, 9.17) is 0 Å². The minimum Gasteiger partial charge on any atom is -0.325 e. The third-order valence-electron chi connectivity index (χ3n) is 4.18. The smallest absolute Gasteiger partial charge is 0.279 e. The largest absolute Gasteiger partial charge is 0.325 e. The van der Waals surface area contributed by atoms with Crippen molar-refractivity contribution in [3.8, 4) is 0 Å². The highest BCUT2D eigenvalue weighted by Crippen LogP contribution is 2.21. The highest BCUT2D eigenvalue weighted by atomic mass is 16.6. The first-order chi connectivity index (χ1) is 9.97. The summed E-state index contributed by atoms with van der Waals surface area (Å²) in [5.74, 6) is -0.0812. The van der Waals surface area contributed by atoms with Crippen molar-refractivity contribution in [1.29, 1.82) is 0 Å². The van der Waals surface area contributed by atoms with Crippen LogP contribution in [0, 0.1) is 17.0 Å². The van der Waals surface area contributed by atoms with Crippen molar-refractivity contribution >= 4 is 17.3 Å². The Kier molecular flexibility index (Phi) is 4.90. The third kappa shape index (κ3) is 4.01. The lowest BCUT2D eigenvalue weighted by atomic mass is 10.0. The second-order valence-corrected chi connectivity index (χ2v) is 5.79. The first-order valence-electron chi connectivity index (χ1n) is 7.37. The lowest BCUT2D eigenvalue weighted by Crippen LogP contribution is -3.17. The molecule has 0 aromatic heterocycles. The van der Waals surface area contributed by atoms with E-state index >= 15 is 0 Å². The quantitative estimate of drug-likeness (QED) is 0.648. The van der Waals surface area contributed by atoms with Gasteiger partial charge in [0, 0.05) is 12.1 Å². The summed E-state index contributed by atoms with van der Waals surface area (Å²) in [5.41, 5.74) is 1.35. The lowest BCUT2D eigenvalue weighted by Gasteiger charge is -2.29. The van der Waals surface area contributed by atoms with Gasteiger partial charge in [-0.25, -0.2) is 0 Å². The minimum atomic E-state index is -0.451. The maximum atomic E-state index is 12.2. The molecule has 21 heavy (non-hydrogen) atoms. The number of quaternary nitrogens is 1. The second-order valence-electron chi connectivity index (χ2n) is 5.79. The highest BCUT2D eigenvalue weighted by molar-refractivity contribution is 5.92. The van der Waals surface area contributed by atoms with Gasteiger partial charge in [0.1, 0.15) is 0 Å². The number of anilines is 1. The second kappa shape index (κ2) is 6.67. The summed E-state index contributed by atoms with van der Waals surface area (Å²) in [6, 6.07) is 5.02. The summed E-state index contributed by atoms with van der Waals surface area (Å²) in [6.07, 6.45) is 3.54. The molecule has 1 aliphatic heterocycles. The van der Waals surface area contributed by atoms with Crippen LogP contribution in [0.15, 0.2) is 18.2 Å². The fourth-order valence-corrected chi connectivity index (χ4v) is 2.77. The van der Waals surface area contributed by atoms with Crippen LogP contribution in [-0.4, -0.2) is 30.0 Å². The monoisotopic (exact) mass is 292 g/mol. The number of non-ortho nitro benzene ring substituents is 1. The van der Waals surface area contributed by atoms with E-state index in [9.17, 15) is 14.9 Å². The summed E-state index contributed by atoms with van der Waals surface area (Å²) in [4.78, 5) is 23.8. The van der Waals surface area contributed by atoms with Crippen molar-refractivity contribution in [3.05, 3.63) is 33.9 Å². The van der Waals surface area contributed by atoms with Crippen molar-refractivity contribution < 1.29 is 14.6 Å². The Bertz CT molecular complexity index is 545. The van der Waals surface area contributed by atoms with Crippen LogP contribution in [0.25, 0.3) is 0 Å². The van der Waals surface area contributed by atoms with Gasteiger partial charge in [-0.15, -0.1) is 0 Å². The first kappa shape index (κ1) is 15.4. The van der Waals surface area contributed by atoms with E-state index in [1.807, 2.05) is 6.92 Å². The van der Waals surface area contributed by atoms with E-state index in [0.717, 1.165) is 24.9 Å². The molecule has 1 fully saturated rings. The van der Waals surface area contributed by atoms with Crippen molar-refractivity contribution in [1.82, 2.24) is 0 Å². The number of nitrogens with zero attached hydrogens (tertiary/aromatic N) is 1.